The zero-order chi connectivity index (χ0) is 15.3. The van der Waals surface area contributed by atoms with Crippen LogP contribution in [0.25, 0.3) is 0 Å². The maximum Gasteiger partial charge on any atom is 0.251 e. The van der Waals surface area contributed by atoms with Crippen LogP contribution in [0, 0.1) is 0 Å². The molecule has 1 fully saturated rings. The van der Waals surface area contributed by atoms with Crippen LogP contribution in [-0.2, 0) is 0 Å². The van der Waals surface area contributed by atoms with Crippen molar-refractivity contribution in [3.05, 3.63) is 23.8 Å². The molecule has 1 saturated heterocycles. The fraction of sp³-hybridized carbons (Fsp3) is 0.562. The van der Waals surface area contributed by atoms with E-state index in [9.17, 15) is 4.79 Å². The predicted molar refractivity (Wildman–Crippen MR) is 82.1 cm³/mol. The molecule has 5 nitrogen and oxygen atoms in total. The molecular formula is C16H24N2O3. The lowest BCUT2D eigenvalue weighted by molar-refractivity contribution is 0.0912. The molecule has 1 heterocycles. The maximum atomic E-state index is 12.4. The number of hydrogen-bond acceptors (Lipinski definition) is 4. The SMILES string of the molecule is CCOc1ccc(C(=O)NC2(C)CCNC2)cc1OCC. The summed E-state index contributed by atoms with van der Waals surface area (Å²) in [6, 6.07) is 5.31. The number of benzene rings is 1. The molecule has 5 heteroatoms. The highest BCUT2D eigenvalue weighted by Gasteiger charge is 2.30. The molecule has 116 valence electrons. The summed E-state index contributed by atoms with van der Waals surface area (Å²) in [6.45, 7) is 8.72. The van der Waals surface area contributed by atoms with E-state index in [1.54, 1.807) is 18.2 Å². The Morgan fingerprint density at radius 1 is 1.29 bits per heavy atom. The second-order valence-corrected chi connectivity index (χ2v) is 5.47. The summed E-state index contributed by atoms with van der Waals surface area (Å²) in [5.41, 5.74) is 0.414. The van der Waals surface area contributed by atoms with Crippen molar-refractivity contribution in [2.75, 3.05) is 26.3 Å². The van der Waals surface area contributed by atoms with Crippen LogP contribution in [0.4, 0.5) is 0 Å². The summed E-state index contributed by atoms with van der Waals surface area (Å²) in [4.78, 5) is 12.4. The summed E-state index contributed by atoms with van der Waals surface area (Å²) >= 11 is 0. The number of nitrogens with one attached hydrogen (secondary N) is 2. The lowest BCUT2D eigenvalue weighted by Crippen LogP contribution is -2.47. The highest BCUT2D eigenvalue weighted by molar-refractivity contribution is 5.95. The van der Waals surface area contributed by atoms with Crippen LogP contribution in [0.3, 0.4) is 0 Å². The first-order valence-corrected chi connectivity index (χ1v) is 7.51. The van der Waals surface area contributed by atoms with E-state index in [-0.39, 0.29) is 11.4 Å². The Morgan fingerprint density at radius 3 is 2.62 bits per heavy atom. The Labute approximate surface area is 126 Å². The van der Waals surface area contributed by atoms with Crippen molar-refractivity contribution in [2.45, 2.75) is 32.7 Å². The van der Waals surface area contributed by atoms with Gasteiger partial charge in [-0.1, -0.05) is 0 Å². The van der Waals surface area contributed by atoms with Gasteiger partial charge in [-0.2, -0.15) is 0 Å². The Morgan fingerprint density at radius 2 is 2.00 bits per heavy atom. The van der Waals surface area contributed by atoms with Crippen molar-refractivity contribution >= 4 is 5.91 Å². The monoisotopic (exact) mass is 292 g/mol. The third-order valence-electron chi connectivity index (χ3n) is 3.59. The van der Waals surface area contributed by atoms with Gasteiger partial charge in [0.25, 0.3) is 5.91 Å². The zero-order valence-corrected chi connectivity index (χ0v) is 13.0. The molecule has 1 aromatic rings. The maximum absolute atomic E-state index is 12.4. The van der Waals surface area contributed by atoms with E-state index >= 15 is 0 Å². The largest absolute Gasteiger partial charge is 0.490 e. The molecule has 1 amide bonds. The smallest absolute Gasteiger partial charge is 0.251 e. The summed E-state index contributed by atoms with van der Waals surface area (Å²) in [6.07, 6.45) is 0.939. The zero-order valence-electron chi connectivity index (χ0n) is 13.0. The third-order valence-corrected chi connectivity index (χ3v) is 3.59. The predicted octanol–water partition coefficient (Wildman–Crippen LogP) is 1.97. The van der Waals surface area contributed by atoms with Gasteiger partial charge in [0.2, 0.25) is 0 Å². The number of amides is 1. The van der Waals surface area contributed by atoms with Crippen LogP contribution in [0.1, 0.15) is 37.6 Å². The van der Waals surface area contributed by atoms with Crippen LogP contribution in [0.2, 0.25) is 0 Å². The fourth-order valence-electron chi connectivity index (χ4n) is 2.46. The molecule has 1 unspecified atom stereocenters. The van der Waals surface area contributed by atoms with Crippen LogP contribution in [0.15, 0.2) is 18.2 Å². The molecule has 0 aromatic heterocycles. The standard InChI is InChI=1S/C16H24N2O3/c1-4-20-13-7-6-12(10-14(13)21-5-2)15(19)18-16(3)8-9-17-11-16/h6-7,10,17H,4-5,8-9,11H2,1-3H3,(H,18,19). The van der Waals surface area contributed by atoms with E-state index in [0.29, 0.717) is 30.3 Å². The molecule has 0 saturated carbocycles. The van der Waals surface area contributed by atoms with Crippen molar-refractivity contribution in [1.29, 1.82) is 0 Å². The van der Waals surface area contributed by atoms with Gasteiger partial charge in [-0.05, 0) is 51.9 Å². The van der Waals surface area contributed by atoms with E-state index in [2.05, 4.69) is 17.6 Å². The fourth-order valence-corrected chi connectivity index (χ4v) is 2.46. The quantitative estimate of drug-likeness (QED) is 0.841. The molecule has 1 atom stereocenters. The molecule has 0 radical (unpaired) electrons. The summed E-state index contributed by atoms with van der Waals surface area (Å²) < 4.78 is 11.1. The molecule has 2 N–H and O–H groups in total. The summed E-state index contributed by atoms with van der Waals surface area (Å²) in [7, 11) is 0. The first-order chi connectivity index (χ1) is 10.1. The van der Waals surface area contributed by atoms with Crippen molar-refractivity contribution in [3.63, 3.8) is 0 Å². The van der Waals surface area contributed by atoms with E-state index < -0.39 is 0 Å². The number of rotatable bonds is 6. The number of hydrogen-bond donors (Lipinski definition) is 2. The minimum atomic E-state index is -0.179. The van der Waals surface area contributed by atoms with E-state index in [1.165, 1.54) is 0 Å². The van der Waals surface area contributed by atoms with Gasteiger partial charge in [0.15, 0.2) is 11.5 Å². The van der Waals surface area contributed by atoms with Gasteiger partial charge in [-0.25, -0.2) is 0 Å². The van der Waals surface area contributed by atoms with Crippen LogP contribution in [-0.4, -0.2) is 37.7 Å². The second kappa shape index (κ2) is 6.80. The van der Waals surface area contributed by atoms with Crippen molar-refractivity contribution in [3.8, 4) is 11.5 Å². The van der Waals surface area contributed by atoms with E-state index in [4.69, 9.17) is 9.47 Å². The summed E-state index contributed by atoms with van der Waals surface area (Å²) in [5, 5.41) is 6.36. The van der Waals surface area contributed by atoms with Gasteiger partial charge in [-0.15, -0.1) is 0 Å². The van der Waals surface area contributed by atoms with Crippen LogP contribution >= 0.6 is 0 Å². The minimum absolute atomic E-state index is 0.0785. The normalized spacial score (nSPS) is 21.1. The Hall–Kier alpha value is -1.75. The lowest BCUT2D eigenvalue weighted by Gasteiger charge is -2.24. The Bertz CT molecular complexity index is 496. The average Bonchev–Trinajstić information content (AvgIpc) is 2.87. The average molecular weight is 292 g/mol. The molecule has 0 bridgehead atoms. The number of carbonyl (C=O) groups excluding carboxylic acids is 1. The number of ether oxygens (including phenoxy) is 2. The van der Waals surface area contributed by atoms with Gasteiger partial charge in [0.1, 0.15) is 0 Å². The lowest BCUT2D eigenvalue weighted by atomic mass is 10.0. The third kappa shape index (κ3) is 3.88. The van der Waals surface area contributed by atoms with Gasteiger partial charge in [0, 0.05) is 12.1 Å². The molecule has 2 rings (SSSR count). The Balaban J connectivity index is 2.15. The van der Waals surface area contributed by atoms with Crippen LogP contribution in [0.5, 0.6) is 11.5 Å². The second-order valence-electron chi connectivity index (χ2n) is 5.47. The first-order valence-electron chi connectivity index (χ1n) is 7.51. The van der Waals surface area contributed by atoms with Crippen molar-refractivity contribution in [2.24, 2.45) is 0 Å². The van der Waals surface area contributed by atoms with Gasteiger partial charge < -0.3 is 20.1 Å². The highest BCUT2D eigenvalue weighted by atomic mass is 16.5. The molecule has 1 aliphatic heterocycles. The molecular weight excluding hydrogens is 268 g/mol. The molecule has 21 heavy (non-hydrogen) atoms. The van der Waals surface area contributed by atoms with Gasteiger partial charge >= 0.3 is 0 Å². The van der Waals surface area contributed by atoms with Crippen molar-refractivity contribution < 1.29 is 14.3 Å². The minimum Gasteiger partial charge on any atom is -0.490 e. The highest BCUT2D eigenvalue weighted by Crippen LogP contribution is 2.28. The first kappa shape index (κ1) is 15.6. The number of carbonyl (C=O) groups is 1. The van der Waals surface area contributed by atoms with E-state index in [0.717, 1.165) is 19.5 Å². The molecule has 0 spiro atoms. The Kier molecular flexibility index (Phi) is 5.07. The molecule has 1 aromatic carbocycles. The van der Waals surface area contributed by atoms with Gasteiger partial charge in [-0.3, -0.25) is 4.79 Å². The molecule has 1 aliphatic rings. The topological polar surface area (TPSA) is 59.6 Å². The summed E-state index contributed by atoms with van der Waals surface area (Å²) in [5.74, 6) is 1.21. The van der Waals surface area contributed by atoms with Crippen molar-refractivity contribution in [1.82, 2.24) is 10.6 Å². The molecule has 0 aliphatic carbocycles. The van der Waals surface area contributed by atoms with Crippen LogP contribution < -0.4 is 20.1 Å². The van der Waals surface area contributed by atoms with E-state index in [1.807, 2.05) is 13.8 Å². The van der Waals surface area contributed by atoms with Gasteiger partial charge in [0.05, 0.1) is 18.8 Å².